The number of amides is 1. The van der Waals surface area contributed by atoms with Crippen LogP contribution in [0.15, 0.2) is 30.3 Å². The van der Waals surface area contributed by atoms with E-state index < -0.39 is 0 Å². The summed E-state index contributed by atoms with van der Waals surface area (Å²) >= 11 is 0. The van der Waals surface area contributed by atoms with Crippen molar-refractivity contribution in [2.45, 2.75) is 39.0 Å². The van der Waals surface area contributed by atoms with Crippen LogP contribution >= 0.6 is 0 Å². The number of benzene rings is 1. The highest BCUT2D eigenvalue weighted by molar-refractivity contribution is 5.88. The van der Waals surface area contributed by atoms with Gasteiger partial charge < -0.3 is 4.90 Å². The number of carbonyl (C=O) groups excluding carboxylic acids is 2. The molecule has 1 fully saturated rings. The molecule has 2 rings (SSSR count). The maximum absolute atomic E-state index is 12.4. The smallest absolute Gasteiger partial charge is 0.236 e. The number of hydrogen-bond donors (Lipinski definition) is 0. The van der Waals surface area contributed by atoms with Gasteiger partial charge in [-0.15, -0.1) is 0 Å². The third-order valence-electron chi connectivity index (χ3n) is 5.18. The average Bonchev–Trinajstić information content (AvgIpc) is 2.57. The lowest BCUT2D eigenvalue weighted by molar-refractivity contribution is -0.132. The number of hydrogen-bond acceptors (Lipinski definition) is 3. The highest BCUT2D eigenvalue weighted by Crippen LogP contribution is 2.36. The monoisotopic (exact) mass is 316 g/mol. The Morgan fingerprint density at radius 1 is 1.09 bits per heavy atom. The molecule has 0 radical (unpaired) electrons. The van der Waals surface area contributed by atoms with E-state index in [2.05, 4.69) is 17.0 Å². The number of carbonyl (C=O) groups is 2. The first-order chi connectivity index (χ1) is 11.0. The first-order valence-corrected chi connectivity index (χ1v) is 8.60. The van der Waals surface area contributed by atoms with Gasteiger partial charge >= 0.3 is 0 Å². The lowest BCUT2D eigenvalue weighted by Gasteiger charge is -2.40. The summed E-state index contributed by atoms with van der Waals surface area (Å²) in [5.74, 6) is 0.420. The second-order valence-electron chi connectivity index (χ2n) is 6.35. The zero-order valence-electron chi connectivity index (χ0n) is 14.5. The van der Waals surface area contributed by atoms with Crippen LogP contribution in [0.2, 0.25) is 0 Å². The Morgan fingerprint density at radius 3 is 2.13 bits per heavy atom. The van der Waals surface area contributed by atoms with Crippen molar-refractivity contribution in [3.8, 4) is 0 Å². The van der Waals surface area contributed by atoms with Gasteiger partial charge in [0.15, 0.2) is 0 Å². The Hall–Kier alpha value is -1.68. The largest absolute Gasteiger partial charge is 0.342 e. The molecule has 0 spiro atoms. The SMILES string of the molecule is CCN(CC)C(=O)CN1CCC(C(C)=O)(c2ccccc2)CC1. The molecule has 0 bridgehead atoms. The summed E-state index contributed by atoms with van der Waals surface area (Å²) in [6.07, 6.45) is 1.58. The molecule has 0 aromatic heterocycles. The van der Waals surface area contributed by atoms with Gasteiger partial charge in [0.1, 0.15) is 5.78 Å². The molecular formula is C19H28N2O2. The van der Waals surface area contributed by atoms with Crippen molar-refractivity contribution >= 4 is 11.7 Å². The van der Waals surface area contributed by atoms with Crippen molar-refractivity contribution in [2.24, 2.45) is 0 Å². The maximum atomic E-state index is 12.4. The van der Waals surface area contributed by atoms with Gasteiger partial charge in [-0.1, -0.05) is 30.3 Å². The minimum Gasteiger partial charge on any atom is -0.342 e. The van der Waals surface area contributed by atoms with Crippen molar-refractivity contribution in [1.82, 2.24) is 9.80 Å². The van der Waals surface area contributed by atoms with E-state index in [1.54, 1.807) is 6.92 Å². The molecule has 4 nitrogen and oxygen atoms in total. The quantitative estimate of drug-likeness (QED) is 0.809. The maximum Gasteiger partial charge on any atom is 0.236 e. The minimum absolute atomic E-state index is 0.185. The average molecular weight is 316 g/mol. The van der Waals surface area contributed by atoms with Crippen LogP contribution < -0.4 is 0 Å². The molecule has 0 saturated carbocycles. The van der Waals surface area contributed by atoms with Crippen LogP contribution in [-0.4, -0.2) is 54.2 Å². The number of piperidine rings is 1. The molecule has 1 aromatic carbocycles. The highest BCUT2D eigenvalue weighted by atomic mass is 16.2. The molecule has 0 aliphatic carbocycles. The third-order valence-corrected chi connectivity index (χ3v) is 5.18. The van der Waals surface area contributed by atoms with Gasteiger partial charge in [-0.3, -0.25) is 14.5 Å². The van der Waals surface area contributed by atoms with E-state index >= 15 is 0 Å². The summed E-state index contributed by atoms with van der Waals surface area (Å²) in [4.78, 5) is 28.7. The lowest BCUT2D eigenvalue weighted by Crippen LogP contribution is -2.49. The summed E-state index contributed by atoms with van der Waals surface area (Å²) in [6, 6.07) is 10.1. The van der Waals surface area contributed by atoms with Crippen LogP contribution in [0.5, 0.6) is 0 Å². The van der Waals surface area contributed by atoms with Gasteiger partial charge in [-0.2, -0.15) is 0 Å². The Bertz CT molecular complexity index is 530. The Labute approximate surface area is 139 Å². The highest BCUT2D eigenvalue weighted by Gasteiger charge is 2.40. The second-order valence-corrected chi connectivity index (χ2v) is 6.35. The van der Waals surface area contributed by atoms with Gasteiger partial charge in [-0.25, -0.2) is 0 Å². The van der Waals surface area contributed by atoms with Gasteiger partial charge in [0, 0.05) is 13.1 Å². The number of Topliss-reactive ketones (excluding diaryl/α,β-unsaturated/α-hetero) is 1. The Balaban J connectivity index is 2.04. The molecule has 0 N–H and O–H groups in total. The van der Waals surface area contributed by atoms with Crippen LogP contribution in [0.25, 0.3) is 0 Å². The molecule has 1 saturated heterocycles. The van der Waals surface area contributed by atoms with Gasteiger partial charge in [-0.05, 0) is 52.3 Å². The van der Waals surface area contributed by atoms with Crippen molar-refractivity contribution < 1.29 is 9.59 Å². The molecule has 23 heavy (non-hydrogen) atoms. The summed E-state index contributed by atoms with van der Waals surface area (Å²) in [5.41, 5.74) is 0.734. The number of rotatable bonds is 6. The van der Waals surface area contributed by atoms with Crippen molar-refractivity contribution in [2.75, 3.05) is 32.7 Å². The van der Waals surface area contributed by atoms with Gasteiger partial charge in [0.2, 0.25) is 5.91 Å². The van der Waals surface area contributed by atoms with Crippen LogP contribution in [0, 0.1) is 0 Å². The van der Waals surface area contributed by atoms with Gasteiger partial charge in [0.05, 0.1) is 12.0 Å². The van der Waals surface area contributed by atoms with Crippen LogP contribution in [-0.2, 0) is 15.0 Å². The van der Waals surface area contributed by atoms with E-state index in [9.17, 15) is 9.59 Å². The normalized spacial score (nSPS) is 17.7. The van der Waals surface area contributed by atoms with E-state index in [-0.39, 0.29) is 17.1 Å². The Morgan fingerprint density at radius 2 is 1.65 bits per heavy atom. The molecule has 4 heteroatoms. The van der Waals surface area contributed by atoms with Crippen LogP contribution in [0.1, 0.15) is 39.2 Å². The fourth-order valence-electron chi connectivity index (χ4n) is 3.56. The molecule has 126 valence electrons. The van der Waals surface area contributed by atoms with Gasteiger partial charge in [0.25, 0.3) is 0 Å². The molecule has 1 heterocycles. The fourth-order valence-corrected chi connectivity index (χ4v) is 3.56. The predicted molar refractivity (Wildman–Crippen MR) is 92.4 cm³/mol. The zero-order valence-corrected chi connectivity index (χ0v) is 14.5. The molecule has 0 unspecified atom stereocenters. The van der Waals surface area contributed by atoms with Crippen molar-refractivity contribution in [3.05, 3.63) is 35.9 Å². The number of likely N-dealkylation sites (N-methyl/N-ethyl adjacent to an activating group) is 1. The number of nitrogens with zero attached hydrogens (tertiary/aromatic N) is 2. The van der Waals surface area contributed by atoms with Crippen molar-refractivity contribution in [3.63, 3.8) is 0 Å². The molecule has 1 aliphatic heterocycles. The van der Waals surface area contributed by atoms with E-state index in [0.717, 1.165) is 44.6 Å². The minimum atomic E-state index is -0.379. The van der Waals surface area contributed by atoms with E-state index in [1.165, 1.54) is 0 Å². The Kier molecular flexibility index (Phi) is 5.94. The van der Waals surface area contributed by atoms with E-state index in [1.807, 2.05) is 36.9 Å². The topological polar surface area (TPSA) is 40.6 Å². The first kappa shape index (κ1) is 17.7. The zero-order chi connectivity index (χ0) is 16.9. The molecular weight excluding hydrogens is 288 g/mol. The number of likely N-dealkylation sites (tertiary alicyclic amines) is 1. The fraction of sp³-hybridized carbons (Fsp3) is 0.579. The standard InChI is InChI=1S/C19H28N2O2/c1-4-21(5-2)18(23)15-20-13-11-19(12-14-20,16(3)22)17-9-7-6-8-10-17/h6-10H,4-5,11-15H2,1-3H3. The summed E-state index contributed by atoms with van der Waals surface area (Å²) < 4.78 is 0. The second kappa shape index (κ2) is 7.73. The predicted octanol–water partition coefficient (Wildman–Crippen LogP) is 2.48. The third kappa shape index (κ3) is 3.81. The summed E-state index contributed by atoms with van der Waals surface area (Å²) in [6.45, 7) is 9.27. The van der Waals surface area contributed by atoms with Crippen LogP contribution in [0.3, 0.4) is 0 Å². The molecule has 1 amide bonds. The summed E-state index contributed by atoms with van der Waals surface area (Å²) in [5, 5.41) is 0. The first-order valence-electron chi connectivity index (χ1n) is 8.60. The molecule has 1 aliphatic rings. The van der Waals surface area contributed by atoms with E-state index in [0.29, 0.717) is 6.54 Å². The van der Waals surface area contributed by atoms with Crippen LogP contribution in [0.4, 0.5) is 0 Å². The van der Waals surface area contributed by atoms with E-state index in [4.69, 9.17) is 0 Å². The number of ketones is 1. The van der Waals surface area contributed by atoms with Crippen molar-refractivity contribution in [1.29, 1.82) is 0 Å². The molecule has 0 atom stereocenters. The lowest BCUT2D eigenvalue weighted by atomic mass is 9.70. The summed E-state index contributed by atoms with van der Waals surface area (Å²) in [7, 11) is 0. The molecule has 1 aromatic rings.